The Hall–Kier alpha value is -4.50. The molecule has 3 aromatic carbocycles. The zero-order valence-corrected chi connectivity index (χ0v) is 24.9. The van der Waals surface area contributed by atoms with E-state index in [0.717, 1.165) is 38.4 Å². The predicted octanol–water partition coefficient (Wildman–Crippen LogP) is 6.34. The normalized spacial score (nSPS) is 11.3. The first kappa shape index (κ1) is 28.0. The summed E-state index contributed by atoms with van der Waals surface area (Å²) in [7, 11) is 0. The van der Waals surface area contributed by atoms with Gasteiger partial charge >= 0.3 is 0 Å². The lowest BCUT2D eigenvalue weighted by Gasteiger charge is -2.12. The van der Waals surface area contributed by atoms with Gasteiger partial charge < -0.3 is 14.6 Å². The lowest BCUT2D eigenvalue weighted by atomic mass is 10.2. The molecule has 0 bridgehead atoms. The number of rotatable bonds is 8. The second-order valence-corrected chi connectivity index (χ2v) is 10.7. The number of amides is 1. The van der Waals surface area contributed by atoms with Crippen LogP contribution in [0.1, 0.15) is 35.3 Å². The molecule has 0 aliphatic rings. The van der Waals surface area contributed by atoms with Crippen molar-refractivity contribution in [2.75, 3.05) is 11.9 Å². The number of ether oxygens (including phenoxy) is 1. The molecule has 208 valence electrons. The van der Waals surface area contributed by atoms with Crippen molar-refractivity contribution in [1.82, 2.24) is 14.2 Å². The molecular formula is C32H30BrN5O3. The first-order valence-corrected chi connectivity index (χ1v) is 14.1. The van der Waals surface area contributed by atoms with Crippen molar-refractivity contribution in [3.63, 3.8) is 0 Å². The van der Waals surface area contributed by atoms with Gasteiger partial charge in [-0.15, -0.1) is 0 Å². The second kappa shape index (κ2) is 11.9. The Morgan fingerprint density at radius 1 is 1.02 bits per heavy atom. The number of hydrogen-bond donors (Lipinski definition) is 1. The fourth-order valence-electron chi connectivity index (χ4n) is 4.65. The Labute approximate surface area is 246 Å². The third-order valence-electron chi connectivity index (χ3n) is 6.77. The van der Waals surface area contributed by atoms with E-state index in [0.29, 0.717) is 28.9 Å². The summed E-state index contributed by atoms with van der Waals surface area (Å²) in [6, 6.07) is 22.7. The van der Waals surface area contributed by atoms with Gasteiger partial charge in [-0.25, -0.2) is 4.98 Å². The third-order valence-corrected chi connectivity index (χ3v) is 7.27. The molecule has 0 atom stereocenters. The van der Waals surface area contributed by atoms with Gasteiger partial charge in [0.05, 0.1) is 17.1 Å². The number of aromatic nitrogens is 3. The summed E-state index contributed by atoms with van der Waals surface area (Å²) in [6.07, 6.45) is 2.27. The minimum Gasteiger partial charge on any atom is -0.484 e. The number of anilines is 1. The summed E-state index contributed by atoms with van der Waals surface area (Å²) >= 11 is 3.44. The molecule has 2 heterocycles. The molecule has 2 aromatic heterocycles. The monoisotopic (exact) mass is 611 g/mol. The number of hydrogen-bond acceptors (Lipinski definition) is 5. The molecule has 0 saturated heterocycles. The van der Waals surface area contributed by atoms with Crippen LogP contribution in [0.15, 0.2) is 87.2 Å². The number of fused-ring (bicyclic) bond motifs is 1. The summed E-state index contributed by atoms with van der Waals surface area (Å²) in [4.78, 5) is 30.2. The van der Waals surface area contributed by atoms with Gasteiger partial charge in [-0.3, -0.25) is 9.59 Å². The number of nitrogens with one attached hydrogen (secondary N) is 1. The van der Waals surface area contributed by atoms with Crippen LogP contribution in [0, 0.1) is 20.8 Å². The van der Waals surface area contributed by atoms with Crippen molar-refractivity contribution in [3.05, 3.63) is 116 Å². The first-order chi connectivity index (χ1) is 19.7. The minimum absolute atomic E-state index is 0.0882. The van der Waals surface area contributed by atoms with Gasteiger partial charge in [0.15, 0.2) is 6.61 Å². The van der Waals surface area contributed by atoms with Crippen molar-refractivity contribution in [2.24, 2.45) is 5.10 Å². The average Bonchev–Trinajstić information content (AvgIpc) is 3.25. The van der Waals surface area contributed by atoms with E-state index in [1.54, 1.807) is 12.3 Å². The van der Waals surface area contributed by atoms with E-state index in [9.17, 15) is 9.59 Å². The number of halogens is 1. The molecule has 5 rings (SSSR count). The van der Waals surface area contributed by atoms with Crippen LogP contribution >= 0.6 is 15.9 Å². The maximum Gasteiger partial charge on any atom is 0.282 e. The van der Waals surface area contributed by atoms with E-state index >= 15 is 0 Å². The van der Waals surface area contributed by atoms with E-state index in [-0.39, 0.29) is 18.1 Å². The van der Waals surface area contributed by atoms with Crippen LogP contribution in [0.2, 0.25) is 0 Å². The van der Waals surface area contributed by atoms with Gasteiger partial charge in [0, 0.05) is 39.2 Å². The molecule has 0 aliphatic carbocycles. The minimum atomic E-state index is -0.224. The van der Waals surface area contributed by atoms with Crippen LogP contribution in [0.5, 0.6) is 5.75 Å². The summed E-state index contributed by atoms with van der Waals surface area (Å²) in [6.45, 7) is 7.89. The molecule has 0 fully saturated rings. The Kier molecular flexibility index (Phi) is 8.16. The molecule has 41 heavy (non-hydrogen) atoms. The molecule has 0 saturated carbocycles. The largest absolute Gasteiger partial charge is 0.484 e. The van der Waals surface area contributed by atoms with Gasteiger partial charge in [-0.05, 0) is 81.4 Å². The van der Waals surface area contributed by atoms with Crippen LogP contribution in [0.3, 0.4) is 0 Å². The summed E-state index contributed by atoms with van der Waals surface area (Å²) in [5, 5.41) is 7.90. The van der Waals surface area contributed by atoms with Crippen LogP contribution < -0.4 is 15.6 Å². The van der Waals surface area contributed by atoms with E-state index < -0.39 is 0 Å². The molecule has 1 N–H and O–H groups in total. The van der Waals surface area contributed by atoms with Crippen LogP contribution in [0.25, 0.3) is 16.6 Å². The maximum atomic E-state index is 13.2. The zero-order chi connectivity index (χ0) is 29.1. The average molecular weight is 613 g/mol. The molecular weight excluding hydrogens is 582 g/mol. The second-order valence-electron chi connectivity index (χ2n) is 9.76. The van der Waals surface area contributed by atoms with Crippen molar-refractivity contribution in [1.29, 1.82) is 0 Å². The summed E-state index contributed by atoms with van der Waals surface area (Å²) in [5.41, 5.74) is 6.12. The highest BCUT2D eigenvalue weighted by Crippen LogP contribution is 2.23. The molecule has 1 amide bonds. The van der Waals surface area contributed by atoms with E-state index in [1.807, 2.05) is 94.4 Å². The molecule has 0 unspecified atom stereocenters. The fourth-order valence-corrected chi connectivity index (χ4v) is 5.01. The topological polar surface area (TPSA) is 90.5 Å². The Morgan fingerprint density at radius 3 is 2.46 bits per heavy atom. The quantitative estimate of drug-likeness (QED) is 0.207. The fraction of sp³-hybridized carbons (Fsp3) is 0.188. The maximum absolute atomic E-state index is 13.2. The predicted molar refractivity (Wildman–Crippen MR) is 167 cm³/mol. The molecule has 8 nitrogen and oxygen atoms in total. The van der Waals surface area contributed by atoms with Gasteiger partial charge in [0.2, 0.25) is 0 Å². The van der Waals surface area contributed by atoms with E-state index in [4.69, 9.17) is 4.74 Å². The highest BCUT2D eigenvalue weighted by Gasteiger charge is 2.13. The van der Waals surface area contributed by atoms with Gasteiger partial charge in [-0.2, -0.15) is 9.78 Å². The zero-order valence-electron chi connectivity index (χ0n) is 23.3. The molecule has 5 aromatic rings. The first-order valence-electron chi connectivity index (χ1n) is 13.3. The van der Waals surface area contributed by atoms with Crippen molar-refractivity contribution in [3.8, 4) is 11.4 Å². The highest BCUT2D eigenvalue weighted by atomic mass is 79.9. The Balaban J connectivity index is 1.32. The van der Waals surface area contributed by atoms with Crippen LogP contribution in [0.4, 0.5) is 5.69 Å². The smallest absolute Gasteiger partial charge is 0.282 e. The number of aryl methyl sites for hydroxylation is 3. The Morgan fingerprint density at radius 2 is 1.76 bits per heavy atom. The molecule has 0 spiro atoms. The van der Waals surface area contributed by atoms with Crippen molar-refractivity contribution >= 4 is 44.6 Å². The SMILES string of the molecule is CCc1nc2ccc(Br)cc2c(=O)n1N=Cc1cc(C)n(-c2ccc(OCC(=O)Nc3ccc(C)cc3)cc2)c1C. The van der Waals surface area contributed by atoms with E-state index in [1.165, 1.54) is 4.68 Å². The Bertz CT molecular complexity index is 1820. The number of benzene rings is 3. The lowest BCUT2D eigenvalue weighted by molar-refractivity contribution is -0.118. The molecule has 9 heteroatoms. The van der Waals surface area contributed by atoms with Crippen LogP contribution in [-0.2, 0) is 11.2 Å². The van der Waals surface area contributed by atoms with Gasteiger partial charge in [0.1, 0.15) is 11.6 Å². The number of nitrogens with zero attached hydrogens (tertiary/aromatic N) is 4. The van der Waals surface area contributed by atoms with Gasteiger partial charge in [0.25, 0.3) is 11.5 Å². The standard InChI is InChI=1S/C32H30BrN5O3/c1-5-30-36-29-15-8-24(33)17-28(29)32(40)38(30)34-18-23-16-21(3)37(22(23)4)26-11-13-27(14-12-26)41-19-31(39)35-25-9-6-20(2)7-10-25/h6-18H,5,19H2,1-4H3,(H,35,39). The van der Waals surface area contributed by atoms with Gasteiger partial charge in [-0.1, -0.05) is 40.5 Å². The highest BCUT2D eigenvalue weighted by molar-refractivity contribution is 9.10. The van der Waals surface area contributed by atoms with Crippen LogP contribution in [-0.4, -0.2) is 33.0 Å². The summed E-state index contributed by atoms with van der Waals surface area (Å²) in [5.74, 6) is 0.968. The number of carbonyl (C=O) groups is 1. The third kappa shape index (κ3) is 6.15. The van der Waals surface area contributed by atoms with E-state index in [2.05, 4.69) is 35.9 Å². The number of carbonyl (C=O) groups excluding carboxylic acids is 1. The molecule has 0 aliphatic heterocycles. The van der Waals surface area contributed by atoms with Crippen molar-refractivity contribution < 1.29 is 9.53 Å². The molecule has 0 radical (unpaired) electrons. The van der Waals surface area contributed by atoms with Crippen molar-refractivity contribution in [2.45, 2.75) is 34.1 Å². The summed E-state index contributed by atoms with van der Waals surface area (Å²) < 4.78 is 9.99. The lowest BCUT2D eigenvalue weighted by Crippen LogP contribution is -2.22.